The quantitative estimate of drug-likeness (QED) is 0.459. The van der Waals surface area contributed by atoms with Crippen molar-refractivity contribution in [2.75, 3.05) is 33.3 Å². The second-order valence-corrected chi connectivity index (χ2v) is 8.41. The predicted molar refractivity (Wildman–Crippen MR) is 126 cm³/mol. The van der Waals surface area contributed by atoms with Crippen molar-refractivity contribution in [3.05, 3.63) is 95.1 Å². The van der Waals surface area contributed by atoms with Gasteiger partial charge >= 0.3 is 6.18 Å². The van der Waals surface area contributed by atoms with Crippen LogP contribution in [0.1, 0.15) is 27.0 Å². The summed E-state index contributed by atoms with van der Waals surface area (Å²) in [6.07, 6.45) is -4.35. The van der Waals surface area contributed by atoms with Gasteiger partial charge in [-0.05, 0) is 41.5 Å². The lowest BCUT2D eigenvalue weighted by atomic mass is 10.1. The van der Waals surface area contributed by atoms with Crippen molar-refractivity contribution in [1.29, 1.82) is 0 Å². The Balaban J connectivity index is 1.32. The van der Waals surface area contributed by atoms with Crippen LogP contribution in [0.2, 0.25) is 0 Å². The lowest BCUT2D eigenvalue weighted by Gasteiger charge is -2.35. The van der Waals surface area contributed by atoms with Crippen LogP contribution < -0.4 is 9.47 Å². The van der Waals surface area contributed by atoms with Gasteiger partial charge in [0.1, 0.15) is 6.61 Å². The zero-order valence-electron chi connectivity index (χ0n) is 19.4. The van der Waals surface area contributed by atoms with E-state index in [1.54, 1.807) is 24.1 Å². The molecule has 0 spiro atoms. The highest BCUT2D eigenvalue weighted by molar-refractivity contribution is 5.94. The summed E-state index contributed by atoms with van der Waals surface area (Å²) in [6.45, 7) is 2.94. The average molecular weight is 485 g/mol. The number of carbonyl (C=O) groups is 1. The van der Waals surface area contributed by atoms with E-state index in [2.05, 4.69) is 4.90 Å². The van der Waals surface area contributed by atoms with Crippen molar-refractivity contribution in [2.45, 2.75) is 19.3 Å². The van der Waals surface area contributed by atoms with Crippen LogP contribution in [-0.4, -0.2) is 49.0 Å². The molecule has 1 fully saturated rings. The van der Waals surface area contributed by atoms with Crippen molar-refractivity contribution >= 4 is 5.91 Å². The average Bonchev–Trinajstić information content (AvgIpc) is 2.87. The zero-order valence-corrected chi connectivity index (χ0v) is 19.4. The number of ether oxygens (including phenoxy) is 2. The number of amides is 1. The summed E-state index contributed by atoms with van der Waals surface area (Å²) in [6, 6.07) is 20.1. The molecular formula is C27H27F3N2O3. The maximum atomic E-state index is 13.1. The van der Waals surface area contributed by atoms with E-state index in [1.165, 1.54) is 12.1 Å². The number of nitrogens with zero attached hydrogens (tertiary/aromatic N) is 2. The van der Waals surface area contributed by atoms with Crippen LogP contribution in [0.15, 0.2) is 72.8 Å². The minimum absolute atomic E-state index is 0.0668. The van der Waals surface area contributed by atoms with Gasteiger partial charge in [0.25, 0.3) is 5.91 Å². The highest BCUT2D eigenvalue weighted by Crippen LogP contribution is 2.30. The first kappa shape index (κ1) is 24.6. The molecule has 35 heavy (non-hydrogen) atoms. The summed E-state index contributed by atoms with van der Waals surface area (Å²) < 4.78 is 50.1. The maximum absolute atomic E-state index is 13.1. The van der Waals surface area contributed by atoms with Crippen LogP contribution in [-0.2, 0) is 19.3 Å². The molecule has 3 aromatic rings. The topological polar surface area (TPSA) is 42.0 Å². The number of halogens is 3. The molecule has 0 aliphatic carbocycles. The molecule has 3 aromatic carbocycles. The first-order valence-electron chi connectivity index (χ1n) is 11.4. The molecule has 1 amide bonds. The van der Waals surface area contributed by atoms with Crippen molar-refractivity contribution in [2.24, 2.45) is 0 Å². The third-order valence-corrected chi connectivity index (χ3v) is 5.96. The fourth-order valence-corrected chi connectivity index (χ4v) is 4.09. The summed E-state index contributed by atoms with van der Waals surface area (Å²) >= 11 is 0. The van der Waals surface area contributed by atoms with E-state index >= 15 is 0 Å². The second-order valence-electron chi connectivity index (χ2n) is 8.41. The Morgan fingerprint density at radius 2 is 1.54 bits per heavy atom. The van der Waals surface area contributed by atoms with Gasteiger partial charge in [-0.15, -0.1) is 0 Å². The van der Waals surface area contributed by atoms with E-state index < -0.39 is 11.7 Å². The molecule has 0 bridgehead atoms. The highest BCUT2D eigenvalue weighted by Gasteiger charge is 2.30. The van der Waals surface area contributed by atoms with Crippen LogP contribution in [0.25, 0.3) is 0 Å². The molecule has 0 radical (unpaired) electrons. The predicted octanol–water partition coefficient (Wildman–Crippen LogP) is 5.25. The van der Waals surface area contributed by atoms with Crippen LogP contribution in [0.5, 0.6) is 11.5 Å². The van der Waals surface area contributed by atoms with E-state index in [0.29, 0.717) is 62.0 Å². The number of hydrogen-bond acceptors (Lipinski definition) is 4. The standard InChI is InChI=1S/C27H27F3N2O3/c1-34-24-10-2-3-11-25(24)35-19-21-7-4-8-22(16-21)26(33)32-14-12-31(13-15-32)18-20-6-5-9-23(17-20)27(28,29)30/h2-11,16-17H,12-15,18-19H2,1H3. The molecule has 1 aliphatic heterocycles. The molecule has 8 heteroatoms. The van der Waals surface area contributed by atoms with E-state index in [4.69, 9.17) is 9.47 Å². The molecule has 4 rings (SSSR count). The molecule has 5 nitrogen and oxygen atoms in total. The van der Waals surface area contributed by atoms with Crippen LogP contribution in [0.4, 0.5) is 13.2 Å². The van der Waals surface area contributed by atoms with Gasteiger partial charge < -0.3 is 14.4 Å². The maximum Gasteiger partial charge on any atom is 0.416 e. The van der Waals surface area contributed by atoms with Crippen molar-refractivity contribution < 1.29 is 27.4 Å². The first-order chi connectivity index (χ1) is 16.8. The minimum Gasteiger partial charge on any atom is -0.493 e. The van der Waals surface area contributed by atoms with Gasteiger partial charge in [-0.1, -0.05) is 42.5 Å². The Kier molecular flexibility index (Phi) is 7.60. The molecule has 0 saturated carbocycles. The van der Waals surface area contributed by atoms with E-state index in [1.807, 2.05) is 42.5 Å². The van der Waals surface area contributed by atoms with Gasteiger partial charge in [0, 0.05) is 38.3 Å². The summed E-state index contributed by atoms with van der Waals surface area (Å²) in [5, 5.41) is 0. The van der Waals surface area contributed by atoms with Crippen LogP contribution in [0.3, 0.4) is 0 Å². The summed E-state index contributed by atoms with van der Waals surface area (Å²) in [5.41, 5.74) is 1.42. The normalized spacial score (nSPS) is 14.6. The lowest BCUT2D eigenvalue weighted by Crippen LogP contribution is -2.48. The number of piperazine rings is 1. The van der Waals surface area contributed by atoms with Gasteiger partial charge in [0.05, 0.1) is 12.7 Å². The molecule has 184 valence electrons. The fourth-order valence-electron chi connectivity index (χ4n) is 4.09. The van der Waals surface area contributed by atoms with Gasteiger partial charge in [0.2, 0.25) is 0 Å². The number of carbonyl (C=O) groups excluding carboxylic acids is 1. The minimum atomic E-state index is -4.35. The number of hydrogen-bond donors (Lipinski definition) is 0. The molecule has 1 aliphatic rings. The molecule has 1 heterocycles. The number of rotatable bonds is 7. The zero-order chi connectivity index (χ0) is 24.8. The smallest absolute Gasteiger partial charge is 0.416 e. The van der Waals surface area contributed by atoms with Crippen molar-refractivity contribution in [1.82, 2.24) is 9.80 Å². The summed E-state index contributed by atoms with van der Waals surface area (Å²) in [4.78, 5) is 16.9. The Morgan fingerprint density at radius 3 is 2.26 bits per heavy atom. The molecule has 0 aromatic heterocycles. The largest absolute Gasteiger partial charge is 0.493 e. The second kappa shape index (κ2) is 10.8. The first-order valence-corrected chi connectivity index (χ1v) is 11.4. The molecular weight excluding hydrogens is 457 g/mol. The van der Waals surface area contributed by atoms with Crippen LogP contribution >= 0.6 is 0 Å². The number of para-hydroxylation sites is 2. The van der Waals surface area contributed by atoms with E-state index in [-0.39, 0.29) is 5.91 Å². The van der Waals surface area contributed by atoms with Gasteiger partial charge in [0.15, 0.2) is 11.5 Å². The van der Waals surface area contributed by atoms with Crippen molar-refractivity contribution in [3.8, 4) is 11.5 Å². The highest BCUT2D eigenvalue weighted by atomic mass is 19.4. The van der Waals surface area contributed by atoms with Gasteiger partial charge in [-0.2, -0.15) is 13.2 Å². The van der Waals surface area contributed by atoms with Crippen molar-refractivity contribution in [3.63, 3.8) is 0 Å². The van der Waals surface area contributed by atoms with Crippen LogP contribution in [0, 0.1) is 0 Å². The lowest BCUT2D eigenvalue weighted by molar-refractivity contribution is -0.137. The molecule has 1 saturated heterocycles. The van der Waals surface area contributed by atoms with E-state index in [0.717, 1.165) is 11.6 Å². The molecule has 0 atom stereocenters. The number of benzene rings is 3. The third kappa shape index (κ3) is 6.33. The van der Waals surface area contributed by atoms with Gasteiger partial charge in [-0.3, -0.25) is 9.69 Å². The Bertz CT molecular complexity index is 1160. The SMILES string of the molecule is COc1ccccc1OCc1cccc(C(=O)N2CCN(Cc3cccc(C(F)(F)F)c3)CC2)c1. The number of alkyl halides is 3. The number of methoxy groups -OCH3 is 1. The van der Waals surface area contributed by atoms with Gasteiger partial charge in [-0.25, -0.2) is 0 Å². The summed E-state index contributed by atoms with van der Waals surface area (Å²) in [7, 11) is 1.58. The third-order valence-electron chi connectivity index (χ3n) is 5.96. The fraction of sp³-hybridized carbons (Fsp3) is 0.296. The Hall–Kier alpha value is -3.52. The monoisotopic (exact) mass is 484 g/mol. The summed E-state index contributed by atoms with van der Waals surface area (Å²) in [5.74, 6) is 1.20. The van der Waals surface area contributed by atoms with E-state index in [9.17, 15) is 18.0 Å². The molecule has 0 N–H and O–H groups in total. The Labute approximate surface area is 202 Å². The molecule has 0 unspecified atom stereocenters. The Morgan fingerprint density at radius 1 is 0.857 bits per heavy atom.